The number of carbonyl (C=O) groups is 1. The third-order valence-electron chi connectivity index (χ3n) is 4.50. The van der Waals surface area contributed by atoms with E-state index in [-0.39, 0.29) is 10.3 Å². The summed E-state index contributed by atoms with van der Waals surface area (Å²) in [7, 11) is 0. The van der Waals surface area contributed by atoms with Crippen LogP contribution in [0, 0.1) is 0 Å². The Bertz CT molecular complexity index is 1250. The van der Waals surface area contributed by atoms with Crippen LogP contribution in [-0.4, -0.2) is 11.1 Å². The Balaban J connectivity index is 1.78. The number of rotatable bonds is 4. The van der Waals surface area contributed by atoms with Crippen LogP contribution in [0.4, 0.5) is 0 Å². The van der Waals surface area contributed by atoms with E-state index in [0.29, 0.717) is 0 Å². The highest BCUT2D eigenvalue weighted by Gasteiger charge is 2.09. The first kappa shape index (κ1) is 17.9. The maximum atomic E-state index is 12.2. The molecule has 4 heteroatoms. The number of benzene rings is 3. The molecule has 28 heavy (non-hydrogen) atoms. The summed E-state index contributed by atoms with van der Waals surface area (Å²) in [5.74, 6) is -0.938. The Morgan fingerprint density at radius 2 is 1.57 bits per heavy atom. The summed E-state index contributed by atoms with van der Waals surface area (Å²) in [6.45, 7) is 0. The largest absolute Gasteiger partial charge is 0.478 e. The van der Waals surface area contributed by atoms with E-state index in [1.807, 2.05) is 60.7 Å². The molecule has 0 amide bonds. The van der Waals surface area contributed by atoms with E-state index in [0.717, 1.165) is 32.3 Å². The summed E-state index contributed by atoms with van der Waals surface area (Å²) < 4.78 is 0.0248. The predicted molar refractivity (Wildman–Crippen MR) is 116 cm³/mol. The molecular formula is C24H16O3S. The lowest BCUT2D eigenvalue weighted by Gasteiger charge is -2.09. The van der Waals surface area contributed by atoms with E-state index in [1.54, 1.807) is 30.3 Å². The molecule has 0 bridgehead atoms. The van der Waals surface area contributed by atoms with Gasteiger partial charge in [0.05, 0.1) is 5.56 Å². The van der Waals surface area contributed by atoms with Gasteiger partial charge in [0.1, 0.15) is 0 Å². The van der Waals surface area contributed by atoms with E-state index < -0.39 is 5.97 Å². The quantitative estimate of drug-likeness (QED) is 0.453. The zero-order valence-corrected chi connectivity index (χ0v) is 15.6. The number of hydrogen-bond donors (Lipinski definition) is 1. The van der Waals surface area contributed by atoms with E-state index in [9.17, 15) is 9.59 Å². The lowest BCUT2D eigenvalue weighted by atomic mass is 10.0. The molecular weight excluding hydrogens is 368 g/mol. The van der Waals surface area contributed by atoms with Crippen molar-refractivity contribution in [2.45, 2.75) is 0 Å². The topological polar surface area (TPSA) is 54.4 Å². The molecule has 0 spiro atoms. The molecule has 136 valence electrons. The minimum Gasteiger partial charge on any atom is -0.478 e. The number of carboxylic acid groups (broad SMARTS) is 1. The molecule has 0 aliphatic rings. The molecule has 4 rings (SSSR count). The molecule has 0 saturated heterocycles. The van der Waals surface area contributed by atoms with Gasteiger partial charge in [0.25, 0.3) is 0 Å². The zero-order valence-electron chi connectivity index (χ0n) is 14.8. The molecule has 0 aliphatic heterocycles. The minimum absolute atomic E-state index is 0.0248. The van der Waals surface area contributed by atoms with Gasteiger partial charge in [0.2, 0.25) is 4.74 Å². The Morgan fingerprint density at radius 3 is 2.36 bits per heavy atom. The first-order chi connectivity index (χ1) is 13.6. The summed E-state index contributed by atoms with van der Waals surface area (Å²) >= 11 is 1.25. The van der Waals surface area contributed by atoms with E-state index in [1.165, 1.54) is 11.3 Å². The number of hydrogen-bond acceptors (Lipinski definition) is 3. The van der Waals surface area contributed by atoms with E-state index in [2.05, 4.69) is 0 Å². The van der Waals surface area contributed by atoms with Crippen molar-refractivity contribution in [3.05, 3.63) is 105 Å². The van der Waals surface area contributed by atoms with Crippen LogP contribution >= 0.6 is 11.3 Å². The highest BCUT2D eigenvalue weighted by atomic mass is 32.1. The third-order valence-corrected chi connectivity index (χ3v) is 5.46. The van der Waals surface area contributed by atoms with Gasteiger partial charge in [-0.15, -0.1) is 0 Å². The maximum Gasteiger partial charge on any atom is 0.335 e. The molecule has 3 aromatic carbocycles. The van der Waals surface area contributed by atoms with Crippen LogP contribution in [0.15, 0.2) is 83.7 Å². The van der Waals surface area contributed by atoms with Crippen LogP contribution in [0.1, 0.15) is 21.5 Å². The SMILES string of the molecule is O=C(O)c1ccc(/C=C/c2ccccc2-c2sc(=O)cc3ccccc23)cc1. The van der Waals surface area contributed by atoms with Crippen molar-refractivity contribution < 1.29 is 9.90 Å². The average Bonchev–Trinajstić information content (AvgIpc) is 2.72. The molecule has 0 unspecified atom stereocenters. The number of aromatic carboxylic acids is 1. The van der Waals surface area contributed by atoms with E-state index >= 15 is 0 Å². The van der Waals surface area contributed by atoms with Crippen LogP contribution in [0.5, 0.6) is 0 Å². The summed E-state index contributed by atoms with van der Waals surface area (Å²) in [5.41, 5.74) is 3.17. The molecule has 0 fully saturated rings. The second-order valence-electron chi connectivity index (χ2n) is 6.33. The van der Waals surface area contributed by atoms with Crippen molar-refractivity contribution in [2.75, 3.05) is 0 Å². The van der Waals surface area contributed by atoms with Gasteiger partial charge in [-0.05, 0) is 39.6 Å². The Labute approximate surface area is 165 Å². The molecule has 0 saturated carbocycles. The molecule has 1 heterocycles. The van der Waals surface area contributed by atoms with Crippen LogP contribution in [0.25, 0.3) is 33.4 Å². The first-order valence-corrected chi connectivity index (χ1v) is 9.57. The Kier molecular flexibility index (Phi) is 4.87. The molecule has 1 aromatic heterocycles. The van der Waals surface area contributed by atoms with Gasteiger partial charge in [-0.3, -0.25) is 4.79 Å². The third kappa shape index (κ3) is 3.63. The Hall–Kier alpha value is -3.50. The summed E-state index contributed by atoms with van der Waals surface area (Å²) in [6.07, 6.45) is 3.93. The van der Waals surface area contributed by atoms with Crippen molar-refractivity contribution >= 4 is 40.2 Å². The van der Waals surface area contributed by atoms with Crippen molar-refractivity contribution in [1.29, 1.82) is 0 Å². The van der Waals surface area contributed by atoms with Gasteiger partial charge >= 0.3 is 5.97 Å². The summed E-state index contributed by atoms with van der Waals surface area (Å²) in [4.78, 5) is 24.1. The van der Waals surface area contributed by atoms with Crippen molar-refractivity contribution in [3.8, 4) is 10.4 Å². The van der Waals surface area contributed by atoms with Crippen LogP contribution in [0.3, 0.4) is 0 Å². The normalized spacial score (nSPS) is 11.1. The second kappa shape index (κ2) is 7.62. The second-order valence-corrected chi connectivity index (χ2v) is 7.34. The molecule has 0 aliphatic carbocycles. The number of fused-ring (bicyclic) bond motifs is 1. The van der Waals surface area contributed by atoms with Crippen molar-refractivity contribution in [2.24, 2.45) is 0 Å². The van der Waals surface area contributed by atoms with Gasteiger partial charge in [-0.1, -0.05) is 84.2 Å². The van der Waals surface area contributed by atoms with Gasteiger partial charge in [-0.2, -0.15) is 0 Å². The van der Waals surface area contributed by atoms with Crippen molar-refractivity contribution in [3.63, 3.8) is 0 Å². The van der Waals surface area contributed by atoms with Crippen LogP contribution in [0.2, 0.25) is 0 Å². The van der Waals surface area contributed by atoms with Gasteiger partial charge in [0, 0.05) is 10.9 Å². The fourth-order valence-corrected chi connectivity index (χ4v) is 4.09. The summed E-state index contributed by atoms with van der Waals surface area (Å²) in [6, 6.07) is 24.3. The fourth-order valence-electron chi connectivity index (χ4n) is 3.11. The Morgan fingerprint density at radius 1 is 0.857 bits per heavy atom. The standard InChI is InChI=1S/C24H16O3S/c25-22-15-19-6-2-4-8-21(19)23(28-22)20-7-3-1-5-17(20)12-9-16-10-13-18(14-11-16)24(26)27/h1-15H,(H,26,27)/b12-9+. The summed E-state index contributed by atoms with van der Waals surface area (Å²) in [5, 5.41) is 11.0. The average molecular weight is 384 g/mol. The molecule has 0 radical (unpaired) electrons. The molecule has 4 aromatic rings. The van der Waals surface area contributed by atoms with Gasteiger partial charge < -0.3 is 5.11 Å². The van der Waals surface area contributed by atoms with E-state index in [4.69, 9.17) is 5.11 Å². The fraction of sp³-hybridized carbons (Fsp3) is 0. The monoisotopic (exact) mass is 384 g/mol. The predicted octanol–water partition coefficient (Wildman–Crippen LogP) is 5.80. The van der Waals surface area contributed by atoms with Gasteiger partial charge in [-0.25, -0.2) is 4.79 Å². The number of carboxylic acids is 1. The minimum atomic E-state index is -0.938. The lowest BCUT2D eigenvalue weighted by molar-refractivity contribution is 0.0697. The molecule has 3 nitrogen and oxygen atoms in total. The zero-order chi connectivity index (χ0) is 19.5. The van der Waals surface area contributed by atoms with Crippen LogP contribution in [-0.2, 0) is 0 Å². The molecule has 0 atom stereocenters. The highest BCUT2D eigenvalue weighted by Crippen LogP contribution is 2.33. The lowest BCUT2D eigenvalue weighted by Crippen LogP contribution is -1.95. The van der Waals surface area contributed by atoms with Crippen LogP contribution < -0.4 is 4.74 Å². The van der Waals surface area contributed by atoms with Crippen molar-refractivity contribution in [1.82, 2.24) is 0 Å². The molecule has 1 N–H and O–H groups in total. The first-order valence-electron chi connectivity index (χ1n) is 8.75. The highest BCUT2D eigenvalue weighted by molar-refractivity contribution is 7.13. The smallest absolute Gasteiger partial charge is 0.335 e. The van der Waals surface area contributed by atoms with Gasteiger partial charge in [0.15, 0.2) is 0 Å². The maximum absolute atomic E-state index is 12.2.